The van der Waals surface area contributed by atoms with Gasteiger partial charge in [-0.05, 0) is 50.3 Å². The van der Waals surface area contributed by atoms with Crippen molar-refractivity contribution in [1.82, 2.24) is 14.9 Å². The Kier molecular flexibility index (Phi) is 5.30. The van der Waals surface area contributed by atoms with Gasteiger partial charge in [-0.3, -0.25) is 0 Å². The first-order valence-electron chi connectivity index (χ1n) is 10.3. The summed E-state index contributed by atoms with van der Waals surface area (Å²) < 4.78 is 5.65. The van der Waals surface area contributed by atoms with Crippen LogP contribution in [0, 0.1) is 0 Å². The molecule has 1 unspecified atom stereocenters. The Morgan fingerprint density at radius 3 is 2.93 bits per heavy atom. The molecule has 1 aromatic carbocycles. The van der Waals surface area contributed by atoms with Crippen LogP contribution in [-0.4, -0.2) is 54.7 Å². The van der Waals surface area contributed by atoms with Crippen LogP contribution in [-0.2, 0) is 11.8 Å². The molecule has 0 radical (unpaired) electrons. The van der Waals surface area contributed by atoms with Crippen molar-refractivity contribution in [1.29, 1.82) is 0 Å². The van der Waals surface area contributed by atoms with Gasteiger partial charge < -0.3 is 19.9 Å². The topological polar surface area (TPSA) is 70.6 Å². The molecule has 29 heavy (non-hydrogen) atoms. The number of nitrogens with one attached hydrogen (secondary N) is 1. The van der Waals surface area contributed by atoms with Crippen LogP contribution in [0.25, 0.3) is 0 Å². The number of likely N-dealkylation sites (tertiary alicyclic amines) is 1. The van der Waals surface area contributed by atoms with Gasteiger partial charge in [-0.2, -0.15) is 0 Å². The number of carbonyl (C=O) groups is 1. The number of hydrogen-bond donors (Lipinski definition) is 1. The van der Waals surface area contributed by atoms with Crippen molar-refractivity contribution in [2.75, 3.05) is 44.0 Å². The Morgan fingerprint density at radius 2 is 2.14 bits per heavy atom. The van der Waals surface area contributed by atoms with Crippen LogP contribution in [0.3, 0.4) is 0 Å². The summed E-state index contributed by atoms with van der Waals surface area (Å²) in [6.45, 7) is 3.94. The first-order valence-corrected chi connectivity index (χ1v) is 10.3. The van der Waals surface area contributed by atoms with E-state index in [1.807, 2.05) is 61.3 Å². The molecule has 1 spiro atoms. The highest BCUT2D eigenvalue weighted by Crippen LogP contribution is 2.44. The summed E-state index contributed by atoms with van der Waals surface area (Å²) in [5, 5.41) is 3.05. The van der Waals surface area contributed by atoms with E-state index in [0.29, 0.717) is 24.6 Å². The molecule has 2 amide bonds. The smallest absolute Gasteiger partial charge is 0.321 e. The summed E-state index contributed by atoms with van der Waals surface area (Å²) in [6.07, 6.45) is 5.99. The molecule has 154 valence electrons. The van der Waals surface area contributed by atoms with Crippen LogP contribution in [0.1, 0.15) is 37.4 Å². The highest BCUT2D eigenvalue weighted by atomic mass is 16.5. The number of fused-ring (bicyclic) bond motifs is 2. The molecule has 1 N–H and O–H groups in total. The molecule has 1 aliphatic carbocycles. The molecule has 7 nitrogen and oxygen atoms in total. The number of ether oxygens (including phenoxy) is 1. The number of rotatable bonds is 4. The van der Waals surface area contributed by atoms with E-state index in [1.54, 1.807) is 0 Å². The van der Waals surface area contributed by atoms with Crippen LogP contribution in [0.5, 0.6) is 5.75 Å². The highest BCUT2D eigenvalue weighted by molar-refractivity contribution is 5.91. The standard InChI is InChI=1S/C22H29N5O2/c1-4-29-18-9-6-5-8-17(18)24-21(28)27-13-7-11-22(15-27)12-10-16-14-23-20(26(2)3)25-19(16)22/h5-6,8-9,14H,4,7,10-13,15H2,1-3H3,(H,24,28). The molecule has 1 saturated heterocycles. The Morgan fingerprint density at radius 1 is 1.31 bits per heavy atom. The SMILES string of the molecule is CCOc1ccccc1NC(=O)N1CCCC2(CCc3cnc(N(C)C)nc32)C1. The number of benzene rings is 1. The number of nitrogens with zero attached hydrogens (tertiary/aromatic N) is 4. The van der Waals surface area contributed by atoms with Gasteiger partial charge >= 0.3 is 6.03 Å². The number of hydrogen-bond acceptors (Lipinski definition) is 5. The molecule has 1 aromatic heterocycles. The van der Waals surface area contributed by atoms with Gasteiger partial charge in [0.1, 0.15) is 5.75 Å². The molecule has 2 aliphatic rings. The van der Waals surface area contributed by atoms with Crippen molar-refractivity contribution in [2.24, 2.45) is 0 Å². The fraction of sp³-hybridized carbons (Fsp3) is 0.500. The van der Waals surface area contributed by atoms with E-state index >= 15 is 0 Å². The van der Waals surface area contributed by atoms with E-state index in [9.17, 15) is 4.79 Å². The van der Waals surface area contributed by atoms with E-state index in [2.05, 4.69) is 10.3 Å². The molecule has 4 rings (SSSR count). The maximum Gasteiger partial charge on any atom is 0.321 e. The quantitative estimate of drug-likeness (QED) is 0.859. The van der Waals surface area contributed by atoms with E-state index in [1.165, 1.54) is 5.56 Å². The Balaban J connectivity index is 1.54. The van der Waals surface area contributed by atoms with Crippen molar-refractivity contribution in [3.8, 4) is 5.75 Å². The molecule has 2 aromatic rings. The Bertz CT molecular complexity index is 897. The molecule has 7 heteroatoms. The summed E-state index contributed by atoms with van der Waals surface area (Å²) in [4.78, 5) is 26.3. The Labute approximate surface area is 172 Å². The lowest BCUT2D eigenvalue weighted by molar-refractivity contribution is 0.157. The van der Waals surface area contributed by atoms with E-state index in [4.69, 9.17) is 9.72 Å². The maximum atomic E-state index is 13.1. The summed E-state index contributed by atoms with van der Waals surface area (Å²) in [5.74, 6) is 1.43. The predicted octanol–water partition coefficient (Wildman–Crippen LogP) is 3.45. The lowest BCUT2D eigenvalue weighted by Crippen LogP contribution is -2.49. The van der Waals surface area contributed by atoms with Crippen LogP contribution >= 0.6 is 0 Å². The average Bonchev–Trinajstić information content (AvgIpc) is 3.07. The number of aromatic nitrogens is 2. The molecule has 1 aliphatic heterocycles. The minimum Gasteiger partial charge on any atom is -0.492 e. The third kappa shape index (κ3) is 3.73. The summed E-state index contributed by atoms with van der Waals surface area (Å²) in [7, 11) is 3.92. The van der Waals surface area contributed by atoms with Crippen LogP contribution in [0.2, 0.25) is 0 Å². The molecule has 0 saturated carbocycles. The molecule has 2 heterocycles. The zero-order chi connectivity index (χ0) is 20.4. The number of urea groups is 1. The molecular formula is C22H29N5O2. The zero-order valence-corrected chi connectivity index (χ0v) is 17.4. The van der Waals surface area contributed by atoms with Crippen molar-refractivity contribution in [3.63, 3.8) is 0 Å². The summed E-state index contributed by atoms with van der Waals surface area (Å²) >= 11 is 0. The van der Waals surface area contributed by atoms with Gasteiger partial charge in [0.05, 0.1) is 18.0 Å². The van der Waals surface area contributed by atoms with Crippen LogP contribution in [0.15, 0.2) is 30.5 Å². The third-order valence-electron chi connectivity index (χ3n) is 5.92. The molecule has 1 fully saturated rings. The number of para-hydroxylation sites is 2. The van der Waals surface area contributed by atoms with Crippen LogP contribution < -0.4 is 15.0 Å². The van der Waals surface area contributed by atoms with Gasteiger partial charge in [0, 0.05) is 38.8 Å². The second-order valence-corrected chi connectivity index (χ2v) is 8.10. The zero-order valence-electron chi connectivity index (χ0n) is 17.4. The van der Waals surface area contributed by atoms with Gasteiger partial charge in [0.15, 0.2) is 0 Å². The van der Waals surface area contributed by atoms with Crippen molar-refractivity contribution >= 4 is 17.7 Å². The normalized spacial score (nSPS) is 20.4. The fourth-order valence-corrected chi connectivity index (χ4v) is 4.50. The van der Waals surface area contributed by atoms with Gasteiger partial charge in [-0.1, -0.05) is 12.1 Å². The number of carbonyl (C=O) groups excluding carboxylic acids is 1. The van der Waals surface area contributed by atoms with Crippen molar-refractivity contribution in [3.05, 3.63) is 41.7 Å². The van der Waals surface area contributed by atoms with E-state index < -0.39 is 0 Å². The number of amides is 2. The fourth-order valence-electron chi connectivity index (χ4n) is 4.50. The lowest BCUT2D eigenvalue weighted by atomic mass is 9.77. The summed E-state index contributed by atoms with van der Waals surface area (Å²) in [5.41, 5.74) is 2.99. The number of aryl methyl sites for hydroxylation is 1. The van der Waals surface area contributed by atoms with Crippen LogP contribution in [0.4, 0.5) is 16.4 Å². The van der Waals surface area contributed by atoms with Crippen molar-refractivity contribution < 1.29 is 9.53 Å². The first kappa shape index (κ1) is 19.5. The lowest BCUT2D eigenvalue weighted by Gasteiger charge is -2.40. The average molecular weight is 396 g/mol. The third-order valence-corrected chi connectivity index (χ3v) is 5.92. The minimum atomic E-state index is -0.0773. The highest BCUT2D eigenvalue weighted by Gasteiger charge is 2.45. The predicted molar refractivity (Wildman–Crippen MR) is 114 cm³/mol. The van der Waals surface area contributed by atoms with E-state index in [0.717, 1.165) is 43.9 Å². The second-order valence-electron chi connectivity index (χ2n) is 8.10. The van der Waals surface area contributed by atoms with Crippen molar-refractivity contribution in [2.45, 2.75) is 38.0 Å². The van der Waals surface area contributed by atoms with Gasteiger partial charge in [0.2, 0.25) is 5.95 Å². The van der Waals surface area contributed by atoms with Gasteiger partial charge in [-0.25, -0.2) is 14.8 Å². The molecular weight excluding hydrogens is 366 g/mol. The Hall–Kier alpha value is -2.83. The second kappa shape index (κ2) is 7.89. The maximum absolute atomic E-state index is 13.1. The number of piperidine rings is 1. The largest absolute Gasteiger partial charge is 0.492 e. The van der Waals surface area contributed by atoms with E-state index in [-0.39, 0.29) is 11.4 Å². The first-order chi connectivity index (χ1) is 14.0. The monoisotopic (exact) mass is 395 g/mol. The van der Waals surface area contributed by atoms with Gasteiger partial charge in [0.25, 0.3) is 0 Å². The molecule has 0 bridgehead atoms. The molecule has 1 atom stereocenters. The van der Waals surface area contributed by atoms with Gasteiger partial charge in [-0.15, -0.1) is 0 Å². The summed E-state index contributed by atoms with van der Waals surface area (Å²) in [6, 6.07) is 7.50. The minimum absolute atomic E-state index is 0.0714. The number of anilines is 2.